The van der Waals surface area contributed by atoms with Crippen LogP contribution < -0.4 is 5.32 Å². The predicted molar refractivity (Wildman–Crippen MR) is 68.9 cm³/mol. The first-order valence-corrected chi connectivity index (χ1v) is 6.94. The molecule has 1 heterocycles. The first kappa shape index (κ1) is 13.9. The third kappa shape index (κ3) is 7.20. The zero-order chi connectivity index (χ0) is 11.5. The van der Waals surface area contributed by atoms with Crippen LogP contribution in [0.2, 0.25) is 0 Å². The molecular formula is C13H28N2O. The number of ether oxygens (including phenoxy) is 1. The molecule has 96 valence electrons. The molecule has 1 aliphatic heterocycles. The van der Waals surface area contributed by atoms with E-state index in [1.165, 1.54) is 45.3 Å². The average molecular weight is 228 g/mol. The van der Waals surface area contributed by atoms with Crippen LogP contribution >= 0.6 is 0 Å². The van der Waals surface area contributed by atoms with Crippen molar-refractivity contribution in [3.8, 4) is 0 Å². The van der Waals surface area contributed by atoms with Crippen LogP contribution in [0.15, 0.2) is 0 Å². The summed E-state index contributed by atoms with van der Waals surface area (Å²) in [7, 11) is 0. The predicted octanol–water partition coefficient (Wildman–Crippen LogP) is 1.88. The maximum atomic E-state index is 5.29. The SMILES string of the molecule is CCOCCCNCCCN1CCCCC1. The summed E-state index contributed by atoms with van der Waals surface area (Å²) in [5.41, 5.74) is 0. The van der Waals surface area contributed by atoms with Crippen molar-refractivity contribution in [3.05, 3.63) is 0 Å². The van der Waals surface area contributed by atoms with Crippen molar-refractivity contribution in [2.24, 2.45) is 0 Å². The van der Waals surface area contributed by atoms with Gasteiger partial charge in [-0.2, -0.15) is 0 Å². The summed E-state index contributed by atoms with van der Waals surface area (Å²) in [5.74, 6) is 0. The van der Waals surface area contributed by atoms with E-state index in [4.69, 9.17) is 4.74 Å². The van der Waals surface area contributed by atoms with Crippen molar-refractivity contribution in [3.63, 3.8) is 0 Å². The largest absolute Gasteiger partial charge is 0.382 e. The first-order valence-electron chi connectivity index (χ1n) is 6.94. The lowest BCUT2D eigenvalue weighted by Crippen LogP contribution is -2.32. The number of nitrogens with one attached hydrogen (secondary N) is 1. The Balaban J connectivity index is 1.77. The van der Waals surface area contributed by atoms with Gasteiger partial charge in [0.25, 0.3) is 0 Å². The molecule has 0 aromatic heterocycles. The topological polar surface area (TPSA) is 24.5 Å². The van der Waals surface area contributed by atoms with E-state index in [1.807, 2.05) is 6.92 Å². The second-order valence-corrected chi connectivity index (χ2v) is 4.56. The maximum absolute atomic E-state index is 5.29. The summed E-state index contributed by atoms with van der Waals surface area (Å²) < 4.78 is 5.29. The highest BCUT2D eigenvalue weighted by atomic mass is 16.5. The Bertz CT molecular complexity index is 147. The van der Waals surface area contributed by atoms with Crippen LogP contribution in [0.1, 0.15) is 39.0 Å². The van der Waals surface area contributed by atoms with E-state index in [-0.39, 0.29) is 0 Å². The van der Waals surface area contributed by atoms with E-state index in [0.29, 0.717) is 0 Å². The lowest BCUT2D eigenvalue weighted by molar-refractivity contribution is 0.144. The average Bonchev–Trinajstić information content (AvgIpc) is 2.34. The highest BCUT2D eigenvalue weighted by molar-refractivity contribution is 4.64. The van der Waals surface area contributed by atoms with Crippen molar-refractivity contribution in [2.75, 3.05) is 45.9 Å². The smallest absolute Gasteiger partial charge is 0.0477 e. The molecular weight excluding hydrogens is 200 g/mol. The molecule has 0 atom stereocenters. The standard InChI is InChI=1S/C13H28N2O/c1-2-16-13-7-9-14-8-6-12-15-10-4-3-5-11-15/h14H,2-13H2,1H3. The molecule has 0 aromatic carbocycles. The molecule has 1 fully saturated rings. The minimum absolute atomic E-state index is 0.842. The Labute approximate surface area is 101 Å². The van der Waals surface area contributed by atoms with Crippen molar-refractivity contribution < 1.29 is 4.74 Å². The van der Waals surface area contributed by atoms with Crippen LogP contribution in [0.5, 0.6) is 0 Å². The summed E-state index contributed by atoms with van der Waals surface area (Å²) in [6, 6.07) is 0. The Hall–Kier alpha value is -0.120. The molecule has 1 aliphatic rings. The fraction of sp³-hybridized carbons (Fsp3) is 1.00. The van der Waals surface area contributed by atoms with Crippen molar-refractivity contribution >= 4 is 0 Å². The summed E-state index contributed by atoms with van der Waals surface area (Å²) >= 11 is 0. The monoisotopic (exact) mass is 228 g/mol. The quantitative estimate of drug-likeness (QED) is 0.610. The molecule has 0 unspecified atom stereocenters. The van der Waals surface area contributed by atoms with Gasteiger partial charge >= 0.3 is 0 Å². The minimum atomic E-state index is 0.842. The summed E-state index contributed by atoms with van der Waals surface area (Å²) in [6.07, 6.45) is 6.67. The molecule has 0 aliphatic carbocycles. The molecule has 3 nitrogen and oxygen atoms in total. The Kier molecular flexibility index (Phi) is 8.77. The van der Waals surface area contributed by atoms with Crippen LogP contribution in [-0.4, -0.2) is 50.8 Å². The Morgan fingerprint density at radius 1 is 1.06 bits per heavy atom. The summed E-state index contributed by atoms with van der Waals surface area (Å²) in [5, 5.41) is 3.48. The molecule has 0 radical (unpaired) electrons. The van der Waals surface area contributed by atoms with E-state index < -0.39 is 0 Å². The first-order chi connectivity index (χ1) is 7.93. The van der Waals surface area contributed by atoms with Gasteiger partial charge in [0.2, 0.25) is 0 Å². The van der Waals surface area contributed by atoms with Crippen LogP contribution in [0, 0.1) is 0 Å². The van der Waals surface area contributed by atoms with Gasteiger partial charge in [-0.3, -0.25) is 0 Å². The Morgan fingerprint density at radius 3 is 2.56 bits per heavy atom. The number of nitrogens with zero attached hydrogens (tertiary/aromatic N) is 1. The highest BCUT2D eigenvalue weighted by Gasteiger charge is 2.08. The van der Waals surface area contributed by atoms with Gasteiger partial charge in [0.05, 0.1) is 0 Å². The van der Waals surface area contributed by atoms with Gasteiger partial charge in [0, 0.05) is 13.2 Å². The van der Waals surface area contributed by atoms with E-state index in [1.54, 1.807) is 0 Å². The van der Waals surface area contributed by atoms with E-state index >= 15 is 0 Å². The zero-order valence-corrected chi connectivity index (χ0v) is 10.8. The van der Waals surface area contributed by atoms with Gasteiger partial charge in [-0.05, 0) is 65.3 Å². The fourth-order valence-corrected chi connectivity index (χ4v) is 2.18. The fourth-order valence-electron chi connectivity index (χ4n) is 2.18. The zero-order valence-electron chi connectivity index (χ0n) is 10.8. The number of piperidine rings is 1. The number of likely N-dealkylation sites (tertiary alicyclic amines) is 1. The number of rotatable bonds is 9. The van der Waals surface area contributed by atoms with Crippen LogP contribution in [0.4, 0.5) is 0 Å². The van der Waals surface area contributed by atoms with Crippen molar-refractivity contribution in [2.45, 2.75) is 39.0 Å². The lowest BCUT2D eigenvalue weighted by Gasteiger charge is -2.26. The summed E-state index contributed by atoms with van der Waals surface area (Å²) in [4.78, 5) is 2.60. The molecule has 1 N–H and O–H groups in total. The second-order valence-electron chi connectivity index (χ2n) is 4.56. The molecule has 3 heteroatoms. The minimum Gasteiger partial charge on any atom is -0.382 e. The normalized spacial score (nSPS) is 17.8. The van der Waals surface area contributed by atoms with Crippen LogP contribution in [0.25, 0.3) is 0 Å². The molecule has 0 bridgehead atoms. The third-order valence-electron chi connectivity index (χ3n) is 3.12. The molecule has 1 rings (SSSR count). The molecule has 16 heavy (non-hydrogen) atoms. The molecule has 0 spiro atoms. The molecule has 0 saturated carbocycles. The van der Waals surface area contributed by atoms with Gasteiger partial charge in [-0.1, -0.05) is 6.42 Å². The van der Waals surface area contributed by atoms with E-state index in [2.05, 4.69) is 10.2 Å². The molecule has 0 amide bonds. The van der Waals surface area contributed by atoms with Crippen molar-refractivity contribution in [1.29, 1.82) is 0 Å². The van der Waals surface area contributed by atoms with Gasteiger partial charge in [0.15, 0.2) is 0 Å². The number of hydrogen-bond donors (Lipinski definition) is 1. The van der Waals surface area contributed by atoms with E-state index in [0.717, 1.165) is 32.7 Å². The van der Waals surface area contributed by atoms with Gasteiger partial charge in [-0.15, -0.1) is 0 Å². The van der Waals surface area contributed by atoms with E-state index in [9.17, 15) is 0 Å². The second kappa shape index (κ2) is 10.1. The lowest BCUT2D eigenvalue weighted by atomic mass is 10.1. The van der Waals surface area contributed by atoms with Gasteiger partial charge < -0.3 is 15.0 Å². The molecule has 1 saturated heterocycles. The van der Waals surface area contributed by atoms with Crippen LogP contribution in [0.3, 0.4) is 0 Å². The third-order valence-corrected chi connectivity index (χ3v) is 3.12. The summed E-state index contributed by atoms with van der Waals surface area (Å²) in [6.45, 7) is 9.96. The molecule has 0 aromatic rings. The van der Waals surface area contributed by atoms with Crippen LogP contribution in [-0.2, 0) is 4.74 Å². The van der Waals surface area contributed by atoms with Gasteiger partial charge in [-0.25, -0.2) is 0 Å². The van der Waals surface area contributed by atoms with Gasteiger partial charge in [0.1, 0.15) is 0 Å². The van der Waals surface area contributed by atoms with Crippen molar-refractivity contribution in [1.82, 2.24) is 10.2 Å². The maximum Gasteiger partial charge on any atom is 0.0477 e. The number of hydrogen-bond acceptors (Lipinski definition) is 3. The Morgan fingerprint density at radius 2 is 1.81 bits per heavy atom. The highest BCUT2D eigenvalue weighted by Crippen LogP contribution is 2.08.